The minimum Gasteiger partial charge on any atom is -0.355 e. The van der Waals surface area contributed by atoms with Gasteiger partial charge < -0.3 is 19.7 Å². The molecule has 0 saturated carbocycles. The summed E-state index contributed by atoms with van der Waals surface area (Å²) in [7, 11) is 0. The number of benzene rings is 2. The van der Waals surface area contributed by atoms with Gasteiger partial charge in [0.1, 0.15) is 18.8 Å². The summed E-state index contributed by atoms with van der Waals surface area (Å²) in [5, 5.41) is 2.19. The SMILES string of the molecule is O=C1[C@H]2Cc3c([nH]c4ccccc34)[C@H](N3C=c4cnsc4=CC3)N2C(=O)CN1[C@@H]1CCN(Cc2ccccc2)C1. The summed E-state index contributed by atoms with van der Waals surface area (Å²) >= 11 is 1.49. The molecule has 9 heteroatoms. The number of likely N-dealkylation sites (tertiary alicyclic amines) is 1. The number of para-hydroxylation sites is 1. The van der Waals surface area contributed by atoms with E-state index in [1.165, 1.54) is 17.1 Å². The third-order valence-corrected chi connectivity index (χ3v) is 9.74. The zero-order valence-corrected chi connectivity index (χ0v) is 22.9. The van der Waals surface area contributed by atoms with Crippen LogP contribution in [-0.4, -0.2) is 79.0 Å². The van der Waals surface area contributed by atoms with Gasteiger partial charge in [-0.05, 0) is 41.2 Å². The summed E-state index contributed by atoms with van der Waals surface area (Å²) in [5.74, 6) is 0.0917. The molecule has 8 nitrogen and oxygen atoms in total. The smallest absolute Gasteiger partial charge is 0.246 e. The number of carbonyl (C=O) groups is 2. The average molecular weight is 551 g/mol. The second kappa shape index (κ2) is 9.31. The first-order valence-electron chi connectivity index (χ1n) is 14.0. The summed E-state index contributed by atoms with van der Waals surface area (Å²) in [6.07, 6.45) is 7.19. The summed E-state index contributed by atoms with van der Waals surface area (Å²) in [5.41, 5.74) is 4.47. The van der Waals surface area contributed by atoms with E-state index in [2.05, 4.69) is 67.8 Å². The Balaban J connectivity index is 1.13. The Hall–Kier alpha value is -3.95. The van der Waals surface area contributed by atoms with Crippen LogP contribution in [0.4, 0.5) is 0 Å². The maximum Gasteiger partial charge on any atom is 0.246 e. The molecule has 4 aromatic rings. The molecule has 1 N–H and O–H groups in total. The fourth-order valence-electron chi connectivity index (χ4n) is 7.06. The van der Waals surface area contributed by atoms with Crippen molar-refractivity contribution < 1.29 is 9.59 Å². The van der Waals surface area contributed by atoms with E-state index < -0.39 is 6.04 Å². The Bertz CT molecular complexity index is 1750. The van der Waals surface area contributed by atoms with Crippen LogP contribution >= 0.6 is 11.5 Å². The number of amides is 2. The Morgan fingerprint density at radius 2 is 1.90 bits per heavy atom. The highest BCUT2D eigenvalue weighted by molar-refractivity contribution is 7.03. The summed E-state index contributed by atoms with van der Waals surface area (Å²) < 4.78 is 5.50. The standard InChI is InChI=1S/C31H30N6O2S/c38-28-19-36(22-10-12-34(18-22)16-20-6-2-1-3-7-20)31(39)26-14-24-23-8-4-5-9-25(23)33-29(24)30(37(26)28)35-13-11-27-21(17-35)15-32-40-27/h1-9,11,15,17,22,26,30,33H,10,12-14,16,18-19H2/t22-,26-,30-/m1/s1. The van der Waals surface area contributed by atoms with Crippen molar-refractivity contribution in [3.63, 3.8) is 0 Å². The van der Waals surface area contributed by atoms with E-state index in [0.717, 1.165) is 58.0 Å². The quantitative estimate of drug-likeness (QED) is 0.421. The van der Waals surface area contributed by atoms with E-state index in [4.69, 9.17) is 0 Å². The molecule has 2 amide bonds. The van der Waals surface area contributed by atoms with Crippen LogP contribution in [0.3, 0.4) is 0 Å². The van der Waals surface area contributed by atoms with Gasteiger partial charge in [-0.15, -0.1) is 0 Å². The summed E-state index contributed by atoms with van der Waals surface area (Å²) in [6.45, 7) is 3.38. The van der Waals surface area contributed by atoms with Crippen LogP contribution in [0.1, 0.15) is 29.4 Å². The summed E-state index contributed by atoms with van der Waals surface area (Å²) in [6, 6.07) is 18.3. The van der Waals surface area contributed by atoms with Crippen molar-refractivity contribution in [3.05, 3.63) is 87.4 Å². The number of carbonyl (C=O) groups excluding carboxylic acids is 2. The van der Waals surface area contributed by atoms with Crippen molar-refractivity contribution in [1.29, 1.82) is 0 Å². The highest BCUT2D eigenvalue weighted by Crippen LogP contribution is 2.42. The van der Waals surface area contributed by atoms with Crippen LogP contribution in [0.2, 0.25) is 0 Å². The fraction of sp³-hybridized carbons (Fsp3) is 0.323. The molecular formula is C31H30N6O2S. The van der Waals surface area contributed by atoms with E-state index in [1.807, 2.05) is 34.2 Å². The Morgan fingerprint density at radius 1 is 1.05 bits per heavy atom. The third kappa shape index (κ3) is 3.79. The van der Waals surface area contributed by atoms with Gasteiger partial charge in [-0.1, -0.05) is 48.5 Å². The zero-order chi connectivity index (χ0) is 26.8. The van der Waals surface area contributed by atoms with Crippen LogP contribution in [0.15, 0.2) is 60.8 Å². The molecule has 2 fully saturated rings. The molecule has 6 heterocycles. The lowest BCUT2D eigenvalue weighted by Crippen LogP contribution is -2.66. The number of hydrogen-bond donors (Lipinski definition) is 1. The second-order valence-corrected chi connectivity index (χ2v) is 12.1. The van der Waals surface area contributed by atoms with Gasteiger partial charge in [0, 0.05) is 67.2 Å². The molecule has 40 heavy (non-hydrogen) atoms. The van der Waals surface area contributed by atoms with Gasteiger partial charge in [-0.25, -0.2) is 0 Å². The molecule has 0 radical (unpaired) electrons. The maximum absolute atomic E-state index is 14.3. The molecule has 3 atom stereocenters. The van der Waals surface area contributed by atoms with Crippen molar-refractivity contribution >= 4 is 46.5 Å². The first kappa shape index (κ1) is 23.9. The predicted octanol–water partition coefficient (Wildman–Crippen LogP) is 2.03. The van der Waals surface area contributed by atoms with E-state index in [1.54, 1.807) is 0 Å². The average Bonchev–Trinajstić information content (AvgIpc) is 3.72. The molecule has 0 bridgehead atoms. The van der Waals surface area contributed by atoms with Crippen LogP contribution in [0.25, 0.3) is 23.2 Å². The van der Waals surface area contributed by atoms with E-state index in [0.29, 0.717) is 13.0 Å². The lowest BCUT2D eigenvalue weighted by atomic mass is 9.90. The normalized spacial score (nSPS) is 24.5. The van der Waals surface area contributed by atoms with Gasteiger partial charge >= 0.3 is 0 Å². The van der Waals surface area contributed by atoms with Gasteiger partial charge in [0.2, 0.25) is 11.8 Å². The van der Waals surface area contributed by atoms with Crippen molar-refractivity contribution in [2.24, 2.45) is 0 Å². The van der Waals surface area contributed by atoms with E-state index in [-0.39, 0.29) is 30.6 Å². The number of rotatable bonds is 4. The second-order valence-electron chi connectivity index (χ2n) is 11.3. The third-order valence-electron chi connectivity index (χ3n) is 8.93. The lowest BCUT2D eigenvalue weighted by molar-refractivity contribution is -0.165. The van der Waals surface area contributed by atoms with Crippen molar-refractivity contribution in [3.8, 4) is 0 Å². The van der Waals surface area contributed by atoms with Crippen molar-refractivity contribution in [1.82, 2.24) is 29.0 Å². The van der Waals surface area contributed by atoms with Crippen LogP contribution < -0.4 is 9.75 Å². The fourth-order valence-corrected chi connectivity index (χ4v) is 7.70. The minimum atomic E-state index is -0.517. The summed E-state index contributed by atoms with van der Waals surface area (Å²) in [4.78, 5) is 40.3. The number of piperazine rings is 1. The Kier molecular flexibility index (Phi) is 5.56. The number of aromatic nitrogens is 2. The monoisotopic (exact) mass is 550 g/mol. The first-order chi connectivity index (χ1) is 19.6. The molecule has 2 saturated heterocycles. The molecular weight excluding hydrogens is 520 g/mol. The van der Waals surface area contributed by atoms with Gasteiger partial charge in [-0.2, -0.15) is 4.37 Å². The Morgan fingerprint density at radius 3 is 2.80 bits per heavy atom. The van der Waals surface area contributed by atoms with Gasteiger partial charge in [0.25, 0.3) is 0 Å². The lowest BCUT2D eigenvalue weighted by Gasteiger charge is -2.50. The maximum atomic E-state index is 14.3. The number of fused-ring (bicyclic) bond motifs is 5. The highest BCUT2D eigenvalue weighted by Gasteiger charge is 2.51. The molecule has 2 aromatic heterocycles. The van der Waals surface area contributed by atoms with Crippen LogP contribution in [0, 0.1) is 0 Å². The van der Waals surface area contributed by atoms with Crippen LogP contribution in [0.5, 0.6) is 0 Å². The van der Waals surface area contributed by atoms with E-state index in [9.17, 15) is 9.59 Å². The number of aromatic amines is 1. The molecule has 4 aliphatic heterocycles. The van der Waals surface area contributed by atoms with Gasteiger partial charge in [0.05, 0.1) is 10.2 Å². The molecule has 2 aromatic carbocycles. The van der Waals surface area contributed by atoms with Gasteiger partial charge in [-0.3, -0.25) is 14.5 Å². The Labute approximate surface area is 236 Å². The van der Waals surface area contributed by atoms with Crippen molar-refractivity contribution in [2.75, 3.05) is 26.2 Å². The molecule has 0 aliphatic carbocycles. The molecule has 0 spiro atoms. The van der Waals surface area contributed by atoms with Crippen LogP contribution in [-0.2, 0) is 22.6 Å². The number of nitrogens with zero attached hydrogens (tertiary/aromatic N) is 5. The molecule has 202 valence electrons. The number of hydrogen-bond acceptors (Lipinski definition) is 6. The van der Waals surface area contributed by atoms with Crippen molar-refractivity contribution in [2.45, 2.75) is 37.6 Å². The minimum absolute atomic E-state index is 0.0167. The number of nitrogens with one attached hydrogen (secondary N) is 1. The molecule has 4 aliphatic rings. The zero-order valence-electron chi connectivity index (χ0n) is 22.1. The highest BCUT2D eigenvalue weighted by atomic mass is 32.1. The van der Waals surface area contributed by atoms with E-state index >= 15 is 0 Å². The van der Waals surface area contributed by atoms with Gasteiger partial charge in [0.15, 0.2) is 0 Å². The molecule has 0 unspecified atom stereocenters. The first-order valence-corrected chi connectivity index (χ1v) is 14.8. The topological polar surface area (TPSA) is 75.8 Å². The largest absolute Gasteiger partial charge is 0.355 e. The molecule has 8 rings (SSSR count). The number of H-pyrrole nitrogens is 1. The predicted molar refractivity (Wildman–Crippen MR) is 154 cm³/mol.